The molecule has 0 bridgehead atoms. The third kappa shape index (κ3) is 8.28. The number of sulfone groups is 1. The summed E-state index contributed by atoms with van der Waals surface area (Å²) in [6, 6.07) is 17.4. The first-order valence-electron chi connectivity index (χ1n) is 12.9. The maximum Gasteiger partial charge on any atom is 0.419 e. The van der Waals surface area contributed by atoms with Crippen molar-refractivity contribution in [3.63, 3.8) is 0 Å². The van der Waals surface area contributed by atoms with Crippen molar-refractivity contribution in [3.05, 3.63) is 94.8 Å². The molecule has 0 heterocycles. The van der Waals surface area contributed by atoms with Gasteiger partial charge >= 0.3 is 6.18 Å². The van der Waals surface area contributed by atoms with Crippen LogP contribution in [0.5, 0.6) is 5.75 Å². The highest BCUT2D eigenvalue weighted by molar-refractivity contribution is 7.90. The Balaban J connectivity index is 1.78. The highest BCUT2D eigenvalue weighted by Crippen LogP contribution is 2.33. The lowest BCUT2D eigenvalue weighted by Gasteiger charge is -2.33. The molecular formula is C30H35F4NO4S. The highest BCUT2D eigenvalue weighted by Gasteiger charge is 2.35. The molecule has 3 aromatic carbocycles. The van der Waals surface area contributed by atoms with E-state index in [1.54, 1.807) is 6.07 Å². The van der Waals surface area contributed by atoms with Gasteiger partial charge in [-0.25, -0.2) is 12.8 Å². The fourth-order valence-electron chi connectivity index (χ4n) is 4.66. The average Bonchev–Trinajstić information content (AvgIpc) is 2.86. The Kier molecular flexibility index (Phi) is 10.0. The van der Waals surface area contributed by atoms with Crippen molar-refractivity contribution in [2.45, 2.75) is 56.3 Å². The number of aliphatic hydroxyl groups is 1. The van der Waals surface area contributed by atoms with Crippen LogP contribution in [0.4, 0.5) is 17.6 Å². The third-order valence-corrected chi connectivity index (χ3v) is 7.83. The predicted molar refractivity (Wildman–Crippen MR) is 146 cm³/mol. The molecule has 0 fully saturated rings. The standard InChI is InChI=1S/C30H35F4NO4S/c1-21(36)25-15-14-24(18-27(25)40(4,37)38)39-17-9-16-35(20-29(2,3)23-11-6-5-7-12-23)19-22-10-8-13-26(28(22)31)30(32,33)34/h5-8,10-15,18,21,36H,9,16-17,19-20H2,1-4H3. The first-order valence-corrected chi connectivity index (χ1v) is 14.8. The van der Waals surface area contributed by atoms with E-state index in [1.165, 1.54) is 31.2 Å². The second-order valence-corrected chi connectivity index (χ2v) is 12.6. The van der Waals surface area contributed by atoms with Crippen molar-refractivity contribution in [2.24, 2.45) is 0 Å². The fraction of sp³-hybridized carbons (Fsp3) is 0.400. The van der Waals surface area contributed by atoms with Crippen LogP contribution in [0.1, 0.15) is 55.5 Å². The van der Waals surface area contributed by atoms with Gasteiger partial charge in [0.15, 0.2) is 9.84 Å². The Morgan fingerprint density at radius 3 is 2.27 bits per heavy atom. The second kappa shape index (κ2) is 12.7. The van der Waals surface area contributed by atoms with E-state index in [2.05, 4.69) is 0 Å². The zero-order valence-corrected chi connectivity index (χ0v) is 23.8. The SMILES string of the molecule is CC(O)c1ccc(OCCCN(Cc2cccc(C(F)(F)F)c2F)CC(C)(C)c2ccccc2)cc1S(C)(=O)=O. The van der Waals surface area contributed by atoms with E-state index in [0.717, 1.165) is 17.9 Å². The van der Waals surface area contributed by atoms with Crippen molar-refractivity contribution >= 4 is 9.84 Å². The second-order valence-electron chi connectivity index (χ2n) is 10.6. The van der Waals surface area contributed by atoms with Gasteiger partial charge in [0.05, 0.1) is 23.2 Å². The number of alkyl halides is 3. The molecule has 40 heavy (non-hydrogen) atoms. The quantitative estimate of drug-likeness (QED) is 0.194. The summed E-state index contributed by atoms with van der Waals surface area (Å²) in [6.45, 7) is 6.49. The number of hydrogen-bond donors (Lipinski definition) is 1. The van der Waals surface area contributed by atoms with Crippen LogP contribution in [0.2, 0.25) is 0 Å². The van der Waals surface area contributed by atoms with Gasteiger partial charge in [-0.3, -0.25) is 4.90 Å². The molecule has 0 saturated carbocycles. The molecule has 0 amide bonds. The van der Waals surface area contributed by atoms with E-state index in [0.29, 0.717) is 25.3 Å². The lowest BCUT2D eigenvalue weighted by molar-refractivity contribution is -0.140. The first kappa shape index (κ1) is 31.6. The topological polar surface area (TPSA) is 66.8 Å². The number of halogens is 4. The van der Waals surface area contributed by atoms with Gasteiger partial charge < -0.3 is 9.84 Å². The average molecular weight is 582 g/mol. The molecule has 0 aliphatic heterocycles. The summed E-state index contributed by atoms with van der Waals surface area (Å²) in [5, 5.41) is 9.91. The van der Waals surface area contributed by atoms with Crippen molar-refractivity contribution in [2.75, 3.05) is 26.0 Å². The summed E-state index contributed by atoms with van der Waals surface area (Å²) in [4.78, 5) is 1.87. The van der Waals surface area contributed by atoms with Crippen LogP contribution in [-0.2, 0) is 28.0 Å². The fourth-order valence-corrected chi connectivity index (χ4v) is 5.66. The van der Waals surface area contributed by atoms with Crippen LogP contribution in [0, 0.1) is 5.82 Å². The van der Waals surface area contributed by atoms with Crippen molar-refractivity contribution in [3.8, 4) is 5.75 Å². The van der Waals surface area contributed by atoms with Gasteiger partial charge in [0.2, 0.25) is 0 Å². The molecule has 3 aromatic rings. The number of ether oxygens (including phenoxy) is 1. The third-order valence-electron chi connectivity index (χ3n) is 6.67. The van der Waals surface area contributed by atoms with Gasteiger partial charge in [0, 0.05) is 36.9 Å². The summed E-state index contributed by atoms with van der Waals surface area (Å²) in [5.41, 5.74) is -0.426. The van der Waals surface area contributed by atoms with E-state index in [1.807, 2.05) is 49.1 Å². The zero-order valence-electron chi connectivity index (χ0n) is 23.0. The smallest absolute Gasteiger partial charge is 0.419 e. The largest absolute Gasteiger partial charge is 0.494 e. The molecule has 10 heteroatoms. The Hall–Kier alpha value is -2.95. The van der Waals surface area contributed by atoms with E-state index in [-0.39, 0.29) is 34.6 Å². The van der Waals surface area contributed by atoms with Gasteiger partial charge in [0.25, 0.3) is 0 Å². The van der Waals surface area contributed by atoms with Crippen LogP contribution >= 0.6 is 0 Å². The summed E-state index contributed by atoms with van der Waals surface area (Å²) >= 11 is 0. The zero-order chi connectivity index (χ0) is 29.7. The van der Waals surface area contributed by atoms with Crippen LogP contribution in [0.25, 0.3) is 0 Å². The van der Waals surface area contributed by atoms with Crippen LogP contribution in [0.3, 0.4) is 0 Å². The van der Waals surface area contributed by atoms with Crippen molar-refractivity contribution < 1.29 is 35.8 Å². The van der Waals surface area contributed by atoms with Gasteiger partial charge in [-0.05, 0) is 42.7 Å². The maximum atomic E-state index is 14.9. The van der Waals surface area contributed by atoms with Gasteiger partial charge in [-0.15, -0.1) is 0 Å². The summed E-state index contributed by atoms with van der Waals surface area (Å²) in [7, 11) is -3.61. The predicted octanol–water partition coefficient (Wildman–Crippen LogP) is 6.55. The molecule has 0 radical (unpaired) electrons. The Labute approximate surface area is 233 Å². The van der Waals surface area contributed by atoms with Gasteiger partial charge in [-0.1, -0.05) is 62.4 Å². The summed E-state index contributed by atoms with van der Waals surface area (Å²) < 4.78 is 85.0. The van der Waals surface area contributed by atoms with Crippen LogP contribution < -0.4 is 4.74 Å². The highest BCUT2D eigenvalue weighted by atomic mass is 32.2. The molecule has 0 aliphatic rings. The lowest BCUT2D eigenvalue weighted by Crippen LogP contribution is -2.38. The molecule has 0 saturated heterocycles. The molecule has 1 atom stereocenters. The van der Waals surface area contributed by atoms with Crippen molar-refractivity contribution in [1.82, 2.24) is 4.90 Å². The number of rotatable bonds is 12. The molecule has 218 valence electrons. The monoisotopic (exact) mass is 581 g/mol. The normalized spacial score (nSPS) is 13.4. The number of hydrogen-bond acceptors (Lipinski definition) is 5. The summed E-state index contributed by atoms with van der Waals surface area (Å²) in [6.07, 6.45) is -4.28. The van der Waals surface area contributed by atoms with E-state index in [9.17, 15) is 31.1 Å². The summed E-state index contributed by atoms with van der Waals surface area (Å²) in [5.74, 6) is -0.967. The van der Waals surface area contributed by atoms with Gasteiger partial charge in [-0.2, -0.15) is 13.2 Å². The maximum absolute atomic E-state index is 14.9. The molecule has 0 aromatic heterocycles. The number of benzene rings is 3. The molecular weight excluding hydrogens is 546 g/mol. The molecule has 5 nitrogen and oxygen atoms in total. The minimum atomic E-state index is -4.80. The molecule has 3 rings (SSSR count). The van der Waals surface area contributed by atoms with E-state index in [4.69, 9.17) is 4.74 Å². The molecule has 1 unspecified atom stereocenters. The Morgan fingerprint density at radius 1 is 1.00 bits per heavy atom. The van der Waals surface area contributed by atoms with Crippen LogP contribution in [0.15, 0.2) is 71.6 Å². The van der Waals surface area contributed by atoms with E-state index >= 15 is 0 Å². The minimum absolute atomic E-state index is 0.0220. The number of nitrogens with zero attached hydrogens (tertiary/aromatic N) is 1. The van der Waals surface area contributed by atoms with Gasteiger partial charge in [0.1, 0.15) is 11.6 Å². The number of aliphatic hydroxyl groups excluding tert-OH is 1. The lowest BCUT2D eigenvalue weighted by atomic mass is 9.84. The molecule has 0 aliphatic carbocycles. The Morgan fingerprint density at radius 2 is 1.68 bits per heavy atom. The molecule has 1 N–H and O–H groups in total. The molecule has 0 spiro atoms. The first-order chi connectivity index (χ1) is 18.6. The minimum Gasteiger partial charge on any atom is -0.494 e. The van der Waals surface area contributed by atoms with E-state index < -0.39 is 33.5 Å². The van der Waals surface area contributed by atoms with Crippen molar-refractivity contribution in [1.29, 1.82) is 0 Å². The van der Waals surface area contributed by atoms with Crippen LogP contribution in [-0.4, -0.2) is 44.4 Å². The Bertz CT molecular complexity index is 1390.